The molecule has 0 unspecified atom stereocenters. The van der Waals surface area contributed by atoms with Gasteiger partial charge in [0.2, 0.25) is 0 Å². The van der Waals surface area contributed by atoms with Gasteiger partial charge in [0.05, 0.1) is 5.33 Å². The second-order valence-electron chi connectivity index (χ2n) is 3.27. The van der Waals surface area contributed by atoms with Crippen LogP contribution in [0.15, 0.2) is 23.1 Å². The SMILES string of the molecule is Nc1ccc(CC(=O)CBr)cc1SC(F)(F)F. The first kappa shape index (κ1) is 14.4. The summed E-state index contributed by atoms with van der Waals surface area (Å²) in [5, 5.41) is 0.180. The lowest BCUT2D eigenvalue weighted by molar-refractivity contribution is -0.115. The molecular weight excluding hydrogens is 319 g/mol. The van der Waals surface area contributed by atoms with Crippen molar-refractivity contribution in [2.75, 3.05) is 11.1 Å². The molecule has 0 aliphatic heterocycles. The maximum atomic E-state index is 12.2. The standard InChI is InChI=1S/C10H9BrF3NOS/c11-5-7(16)3-6-1-2-8(15)9(4-6)17-10(12,13)14/h1-2,4H,3,5,15H2. The average Bonchev–Trinajstić information content (AvgIpc) is 2.21. The van der Waals surface area contributed by atoms with Crippen molar-refractivity contribution >= 4 is 39.2 Å². The van der Waals surface area contributed by atoms with Crippen molar-refractivity contribution < 1.29 is 18.0 Å². The van der Waals surface area contributed by atoms with Crippen LogP contribution in [0.1, 0.15) is 5.56 Å². The second-order valence-corrected chi connectivity index (χ2v) is 4.94. The van der Waals surface area contributed by atoms with Crippen LogP contribution in [0.5, 0.6) is 0 Å². The van der Waals surface area contributed by atoms with E-state index in [4.69, 9.17) is 5.73 Å². The van der Waals surface area contributed by atoms with Crippen LogP contribution in [0.2, 0.25) is 0 Å². The molecule has 94 valence electrons. The van der Waals surface area contributed by atoms with E-state index in [1.165, 1.54) is 12.1 Å². The number of Topliss-reactive ketones (excluding diaryl/α,β-unsaturated/α-hetero) is 1. The van der Waals surface area contributed by atoms with Crippen LogP contribution in [0.3, 0.4) is 0 Å². The highest BCUT2D eigenvalue weighted by Gasteiger charge is 2.30. The number of thioether (sulfide) groups is 1. The molecule has 0 fully saturated rings. The van der Waals surface area contributed by atoms with Crippen LogP contribution >= 0.6 is 27.7 Å². The normalized spacial score (nSPS) is 11.5. The zero-order valence-corrected chi connectivity index (χ0v) is 11.0. The summed E-state index contributed by atoms with van der Waals surface area (Å²) in [5.74, 6) is -0.0993. The molecule has 1 aromatic carbocycles. The van der Waals surface area contributed by atoms with E-state index in [0.29, 0.717) is 5.56 Å². The molecule has 0 radical (unpaired) electrons. The van der Waals surface area contributed by atoms with Gasteiger partial charge >= 0.3 is 5.51 Å². The minimum Gasteiger partial charge on any atom is -0.398 e. The van der Waals surface area contributed by atoms with Gasteiger partial charge in [-0.2, -0.15) is 13.2 Å². The first-order chi connectivity index (χ1) is 7.81. The lowest BCUT2D eigenvalue weighted by atomic mass is 10.1. The van der Waals surface area contributed by atoms with Crippen molar-refractivity contribution in [2.45, 2.75) is 16.8 Å². The quantitative estimate of drug-likeness (QED) is 0.523. The maximum Gasteiger partial charge on any atom is 0.446 e. The largest absolute Gasteiger partial charge is 0.446 e. The highest BCUT2D eigenvalue weighted by Crippen LogP contribution is 2.39. The summed E-state index contributed by atoms with van der Waals surface area (Å²) in [7, 11) is 0. The van der Waals surface area contributed by atoms with E-state index >= 15 is 0 Å². The van der Waals surface area contributed by atoms with Crippen LogP contribution in [0.4, 0.5) is 18.9 Å². The second kappa shape index (κ2) is 5.77. The molecule has 0 bridgehead atoms. The fraction of sp³-hybridized carbons (Fsp3) is 0.300. The van der Waals surface area contributed by atoms with E-state index in [1.807, 2.05) is 0 Å². The fourth-order valence-corrected chi connectivity index (χ4v) is 2.02. The van der Waals surface area contributed by atoms with Gasteiger partial charge in [-0.3, -0.25) is 4.79 Å². The van der Waals surface area contributed by atoms with Crippen molar-refractivity contribution in [1.82, 2.24) is 0 Å². The Bertz CT molecular complexity index is 423. The summed E-state index contributed by atoms with van der Waals surface area (Å²) in [5.41, 5.74) is 1.64. The molecule has 7 heteroatoms. The third kappa shape index (κ3) is 4.99. The third-order valence-corrected chi connectivity index (χ3v) is 3.28. The Morgan fingerprint density at radius 3 is 2.59 bits per heavy atom. The van der Waals surface area contributed by atoms with E-state index < -0.39 is 5.51 Å². The maximum absolute atomic E-state index is 12.2. The van der Waals surface area contributed by atoms with Gasteiger partial charge in [-0.05, 0) is 29.5 Å². The molecule has 17 heavy (non-hydrogen) atoms. The van der Waals surface area contributed by atoms with Crippen LogP contribution in [0, 0.1) is 0 Å². The predicted molar refractivity (Wildman–Crippen MR) is 65.3 cm³/mol. The number of halogens is 4. The predicted octanol–water partition coefficient (Wildman–Crippen LogP) is 3.39. The molecule has 0 aliphatic rings. The molecule has 2 nitrogen and oxygen atoms in total. The minimum atomic E-state index is -4.38. The topological polar surface area (TPSA) is 43.1 Å². The van der Waals surface area contributed by atoms with E-state index in [9.17, 15) is 18.0 Å². The van der Waals surface area contributed by atoms with Gasteiger partial charge in [-0.15, -0.1) is 0 Å². The van der Waals surface area contributed by atoms with Crippen molar-refractivity contribution in [3.63, 3.8) is 0 Å². The monoisotopic (exact) mass is 327 g/mol. The van der Waals surface area contributed by atoms with Gasteiger partial charge in [0, 0.05) is 17.0 Å². The molecule has 0 spiro atoms. The summed E-state index contributed by atoms with van der Waals surface area (Å²) >= 11 is 2.72. The van der Waals surface area contributed by atoms with Gasteiger partial charge in [0.1, 0.15) is 5.78 Å². The molecule has 2 N–H and O–H groups in total. The number of anilines is 1. The third-order valence-electron chi connectivity index (χ3n) is 1.85. The van der Waals surface area contributed by atoms with E-state index in [-0.39, 0.29) is 39.9 Å². The molecule has 0 saturated heterocycles. The average molecular weight is 328 g/mol. The number of hydrogen-bond donors (Lipinski definition) is 1. The Morgan fingerprint density at radius 1 is 1.41 bits per heavy atom. The summed E-state index contributed by atoms with van der Waals surface area (Å²) in [6.45, 7) is 0. The van der Waals surface area contributed by atoms with Crippen LogP contribution in [-0.2, 0) is 11.2 Å². The smallest absolute Gasteiger partial charge is 0.398 e. The molecule has 0 aliphatic carbocycles. The Balaban J connectivity index is 2.90. The van der Waals surface area contributed by atoms with Gasteiger partial charge in [-0.25, -0.2) is 0 Å². The number of benzene rings is 1. The Labute approximate surface area is 109 Å². The number of carbonyl (C=O) groups is 1. The van der Waals surface area contributed by atoms with Gasteiger partial charge in [-0.1, -0.05) is 22.0 Å². The Morgan fingerprint density at radius 2 is 2.06 bits per heavy atom. The van der Waals surface area contributed by atoms with E-state index in [1.54, 1.807) is 6.07 Å². The minimum absolute atomic E-state index is 0.0577. The number of carbonyl (C=O) groups excluding carboxylic acids is 1. The first-order valence-corrected chi connectivity index (χ1v) is 6.47. The van der Waals surface area contributed by atoms with Gasteiger partial charge < -0.3 is 5.73 Å². The molecule has 0 saturated carbocycles. The van der Waals surface area contributed by atoms with Crippen molar-refractivity contribution in [2.24, 2.45) is 0 Å². The summed E-state index contributed by atoms with van der Waals surface area (Å²) < 4.78 is 36.6. The first-order valence-electron chi connectivity index (χ1n) is 4.53. The number of ketones is 1. The number of nitrogens with two attached hydrogens (primary N) is 1. The van der Waals surface area contributed by atoms with Gasteiger partial charge in [0.25, 0.3) is 0 Å². The lowest BCUT2D eigenvalue weighted by Gasteiger charge is -2.09. The van der Waals surface area contributed by atoms with Crippen molar-refractivity contribution in [3.8, 4) is 0 Å². The number of hydrogen-bond acceptors (Lipinski definition) is 3. The Kier molecular flexibility index (Phi) is 4.88. The molecule has 0 aromatic heterocycles. The fourth-order valence-electron chi connectivity index (χ4n) is 1.18. The molecule has 1 aromatic rings. The molecule has 0 amide bonds. The molecule has 1 rings (SSSR count). The van der Waals surface area contributed by atoms with Crippen LogP contribution < -0.4 is 5.73 Å². The summed E-state index contributed by atoms with van der Waals surface area (Å²) in [6, 6.07) is 4.23. The molecule has 0 heterocycles. The van der Waals surface area contributed by atoms with Crippen molar-refractivity contribution in [3.05, 3.63) is 23.8 Å². The zero-order chi connectivity index (χ0) is 13.1. The van der Waals surface area contributed by atoms with Gasteiger partial charge in [0.15, 0.2) is 0 Å². The number of alkyl halides is 4. The number of rotatable bonds is 4. The Hall–Kier alpha value is -0.690. The highest BCUT2D eigenvalue weighted by atomic mass is 79.9. The van der Waals surface area contributed by atoms with Crippen LogP contribution in [0.25, 0.3) is 0 Å². The van der Waals surface area contributed by atoms with E-state index in [0.717, 1.165) is 0 Å². The zero-order valence-electron chi connectivity index (χ0n) is 8.55. The molecular formula is C10H9BrF3NOS. The van der Waals surface area contributed by atoms with Crippen LogP contribution in [-0.4, -0.2) is 16.6 Å². The summed E-state index contributed by atoms with van der Waals surface area (Å²) in [4.78, 5) is 11.1. The van der Waals surface area contributed by atoms with Crippen molar-refractivity contribution in [1.29, 1.82) is 0 Å². The highest BCUT2D eigenvalue weighted by molar-refractivity contribution is 9.09. The lowest BCUT2D eigenvalue weighted by Crippen LogP contribution is -2.05. The summed E-state index contributed by atoms with van der Waals surface area (Å²) in [6.07, 6.45) is 0.0942. The molecule has 0 atom stereocenters. The number of nitrogen functional groups attached to an aromatic ring is 1. The van der Waals surface area contributed by atoms with E-state index in [2.05, 4.69) is 15.9 Å².